The Labute approximate surface area is 161 Å². The third-order valence-electron chi connectivity index (χ3n) is 5.13. The molecular weight excluding hydrogens is 336 g/mol. The van der Waals surface area contributed by atoms with Gasteiger partial charge in [-0.25, -0.2) is 9.59 Å². The average Bonchev–Trinajstić information content (AvgIpc) is 2.69. The van der Waals surface area contributed by atoms with Crippen LogP contribution in [0.5, 0.6) is 0 Å². The van der Waals surface area contributed by atoms with Gasteiger partial charge in [0.2, 0.25) is 12.2 Å². The lowest BCUT2D eigenvalue weighted by Crippen LogP contribution is -2.09. The van der Waals surface area contributed by atoms with Gasteiger partial charge in [-0.15, -0.1) is 0 Å². The molecule has 4 nitrogen and oxygen atoms in total. The van der Waals surface area contributed by atoms with E-state index in [2.05, 4.69) is 37.7 Å². The van der Waals surface area contributed by atoms with Crippen molar-refractivity contribution in [1.29, 1.82) is 0 Å². The van der Waals surface area contributed by atoms with E-state index in [0.717, 1.165) is 48.1 Å². The maximum atomic E-state index is 11.2. The lowest BCUT2D eigenvalue weighted by atomic mass is 9.83. The van der Waals surface area contributed by atoms with E-state index in [1.807, 2.05) is 18.2 Å². The minimum absolute atomic E-state index is 0.565. The van der Waals surface area contributed by atoms with Gasteiger partial charge in [0.05, 0.1) is 11.4 Å². The van der Waals surface area contributed by atoms with Crippen molar-refractivity contribution in [3.05, 3.63) is 57.6 Å². The van der Waals surface area contributed by atoms with Gasteiger partial charge in [0.25, 0.3) is 0 Å². The molecule has 0 aliphatic rings. The third-order valence-corrected chi connectivity index (χ3v) is 5.13. The largest absolute Gasteiger partial charge is 0.240 e. The molecule has 2 aromatic rings. The van der Waals surface area contributed by atoms with Crippen LogP contribution in [0, 0.1) is 0 Å². The van der Waals surface area contributed by atoms with Gasteiger partial charge in [-0.1, -0.05) is 45.9 Å². The Balaban J connectivity index is 2.85. The number of carbonyl (C=O) groups excluding carboxylic acids is 2. The number of nitrogens with zero attached hydrogens (tertiary/aromatic N) is 2. The topological polar surface area (TPSA) is 58.9 Å². The van der Waals surface area contributed by atoms with Crippen molar-refractivity contribution in [1.82, 2.24) is 0 Å². The van der Waals surface area contributed by atoms with Crippen LogP contribution in [0.1, 0.15) is 61.1 Å². The fraction of sp³-hybridized carbons (Fsp3) is 0.391. The summed E-state index contributed by atoms with van der Waals surface area (Å²) in [5.41, 5.74) is 8.33. The van der Waals surface area contributed by atoms with Crippen LogP contribution in [0.3, 0.4) is 0 Å². The van der Waals surface area contributed by atoms with Crippen molar-refractivity contribution in [2.75, 3.05) is 0 Å². The zero-order chi connectivity index (χ0) is 19.8. The lowest BCUT2D eigenvalue weighted by Gasteiger charge is -2.23. The van der Waals surface area contributed by atoms with Crippen molar-refractivity contribution in [2.45, 2.75) is 59.8 Å². The second kappa shape index (κ2) is 9.78. The highest BCUT2D eigenvalue weighted by molar-refractivity contribution is 5.68. The Hall–Kier alpha value is -2.80. The van der Waals surface area contributed by atoms with Gasteiger partial charge in [0.1, 0.15) is 0 Å². The summed E-state index contributed by atoms with van der Waals surface area (Å²) < 4.78 is 0. The van der Waals surface area contributed by atoms with Crippen LogP contribution in [0.25, 0.3) is 0 Å². The minimum Gasteiger partial charge on any atom is -0.211 e. The first-order chi connectivity index (χ1) is 13.2. The van der Waals surface area contributed by atoms with E-state index in [9.17, 15) is 9.59 Å². The molecule has 0 spiro atoms. The van der Waals surface area contributed by atoms with Gasteiger partial charge in [-0.3, -0.25) is 0 Å². The Bertz CT molecular complexity index is 918. The van der Waals surface area contributed by atoms with Crippen molar-refractivity contribution >= 4 is 23.5 Å². The molecule has 0 heterocycles. The number of para-hydroxylation sites is 1. The van der Waals surface area contributed by atoms with Crippen LogP contribution in [-0.2, 0) is 41.7 Å². The van der Waals surface area contributed by atoms with Crippen LogP contribution in [-0.4, -0.2) is 12.2 Å². The predicted molar refractivity (Wildman–Crippen MR) is 109 cm³/mol. The molecule has 0 unspecified atom stereocenters. The van der Waals surface area contributed by atoms with Gasteiger partial charge in [-0.2, -0.15) is 9.98 Å². The van der Waals surface area contributed by atoms with Crippen LogP contribution < -0.4 is 0 Å². The molecule has 0 aliphatic heterocycles. The van der Waals surface area contributed by atoms with Crippen molar-refractivity contribution in [3.63, 3.8) is 0 Å². The zero-order valence-electron chi connectivity index (χ0n) is 16.6. The summed E-state index contributed by atoms with van der Waals surface area (Å²) in [5, 5.41) is 0. The van der Waals surface area contributed by atoms with Crippen LogP contribution in [0.2, 0.25) is 0 Å². The maximum absolute atomic E-state index is 11.2. The summed E-state index contributed by atoms with van der Waals surface area (Å²) in [7, 11) is 0. The highest BCUT2D eigenvalue weighted by Gasteiger charge is 2.21. The highest BCUT2D eigenvalue weighted by Crippen LogP contribution is 2.38. The van der Waals surface area contributed by atoms with E-state index in [1.165, 1.54) is 16.7 Å². The van der Waals surface area contributed by atoms with Crippen LogP contribution in [0.15, 0.2) is 34.3 Å². The van der Waals surface area contributed by atoms with E-state index in [0.29, 0.717) is 12.1 Å². The second-order valence-corrected chi connectivity index (χ2v) is 6.37. The summed E-state index contributed by atoms with van der Waals surface area (Å²) in [5.74, 6) is 0. The minimum atomic E-state index is 0.565. The first-order valence-corrected chi connectivity index (χ1v) is 9.58. The molecule has 140 valence electrons. The fourth-order valence-corrected chi connectivity index (χ4v) is 4.06. The molecule has 2 aromatic carbocycles. The number of hydrogen-bond acceptors (Lipinski definition) is 4. The van der Waals surface area contributed by atoms with Gasteiger partial charge in [0, 0.05) is 6.42 Å². The Morgan fingerprint density at radius 2 is 1.22 bits per heavy atom. The van der Waals surface area contributed by atoms with Gasteiger partial charge >= 0.3 is 0 Å². The Morgan fingerprint density at radius 1 is 0.704 bits per heavy atom. The summed E-state index contributed by atoms with van der Waals surface area (Å²) in [6.45, 7) is 8.55. The lowest BCUT2D eigenvalue weighted by molar-refractivity contribution is 0.564. The molecule has 0 aliphatic carbocycles. The van der Waals surface area contributed by atoms with E-state index >= 15 is 0 Å². The molecule has 0 bridgehead atoms. The smallest absolute Gasteiger partial charge is 0.211 e. The third kappa shape index (κ3) is 4.14. The molecule has 0 saturated carbocycles. The first-order valence-electron chi connectivity index (χ1n) is 9.58. The summed E-state index contributed by atoms with van der Waals surface area (Å²) in [4.78, 5) is 30.0. The normalized spacial score (nSPS) is 10.2. The maximum Gasteiger partial charge on any atom is 0.240 e. The second-order valence-electron chi connectivity index (χ2n) is 6.37. The molecular formula is C23H26N2O2. The molecule has 0 radical (unpaired) electrons. The summed E-state index contributed by atoms with van der Waals surface area (Å²) >= 11 is 0. The fourth-order valence-electron chi connectivity index (χ4n) is 4.06. The Morgan fingerprint density at radius 3 is 1.78 bits per heavy atom. The molecule has 0 fully saturated rings. The molecule has 0 N–H and O–H groups in total. The van der Waals surface area contributed by atoms with Crippen molar-refractivity contribution in [2.24, 2.45) is 9.98 Å². The van der Waals surface area contributed by atoms with E-state index < -0.39 is 0 Å². The molecule has 2 rings (SSSR count). The number of isocyanates is 2. The average molecular weight is 362 g/mol. The monoisotopic (exact) mass is 362 g/mol. The van der Waals surface area contributed by atoms with E-state index in [1.54, 1.807) is 18.2 Å². The number of aliphatic imine (C=N–C) groups is 2. The van der Waals surface area contributed by atoms with Crippen molar-refractivity contribution in [3.8, 4) is 0 Å². The summed E-state index contributed by atoms with van der Waals surface area (Å²) in [6, 6.07) is 7.53. The van der Waals surface area contributed by atoms with Crippen molar-refractivity contribution < 1.29 is 9.59 Å². The molecule has 27 heavy (non-hydrogen) atoms. The number of hydrogen-bond donors (Lipinski definition) is 0. The quantitative estimate of drug-likeness (QED) is 0.462. The standard InChI is InChI=1S/C23H26N2O2/c1-5-17-18(6-2)20(8-4)23(25-15-27)21(19(17)7-3)13-16-11-9-10-12-22(16)24-14-26/h9-12H,5-8,13H2,1-4H3. The molecule has 4 heteroatoms. The van der Waals surface area contributed by atoms with E-state index in [-0.39, 0.29) is 0 Å². The summed E-state index contributed by atoms with van der Waals surface area (Å²) in [6.07, 6.45) is 7.46. The highest BCUT2D eigenvalue weighted by atomic mass is 16.1. The number of rotatable bonds is 8. The van der Waals surface area contributed by atoms with Crippen LogP contribution in [0.4, 0.5) is 11.4 Å². The van der Waals surface area contributed by atoms with Gasteiger partial charge in [0.15, 0.2) is 0 Å². The predicted octanol–water partition coefficient (Wildman–Crippen LogP) is 5.46. The SMILES string of the molecule is CCc1c(CC)c(CC)c(N=C=O)c(Cc2ccccc2N=C=O)c1CC. The first kappa shape index (κ1) is 20.5. The molecule has 0 aromatic heterocycles. The van der Waals surface area contributed by atoms with Gasteiger partial charge < -0.3 is 0 Å². The van der Waals surface area contributed by atoms with Crippen LogP contribution >= 0.6 is 0 Å². The zero-order valence-corrected chi connectivity index (χ0v) is 16.6. The van der Waals surface area contributed by atoms with Gasteiger partial charge in [-0.05, 0) is 65.1 Å². The molecule has 0 atom stereocenters. The number of benzene rings is 2. The van der Waals surface area contributed by atoms with E-state index in [4.69, 9.17) is 0 Å². The molecule has 0 amide bonds. The Kier molecular flexibility index (Phi) is 7.43. The molecule has 0 saturated heterocycles.